The van der Waals surface area contributed by atoms with E-state index in [-0.39, 0.29) is 0 Å². The summed E-state index contributed by atoms with van der Waals surface area (Å²) in [6, 6.07) is 20.6. The Labute approximate surface area is 210 Å². The van der Waals surface area contributed by atoms with E-state index >= 15 is 0 Å². The van der Waals surface area contributed by atoms with Crippen LogP contribution in [0.1, 0.15) is 107 Å². The monoisotopic (exact) mass is 456 g/mol. The van der Waals surface area contributed by atoms with Gasteiger partial charge in [-0.3, -0.25) is 0 Å². The fraction of sp³-hybridized carbons (Fsp3) is 0.588. The summed E-state index contributed by atoms with van der Waals surface area (Å²) in [6.07, 6.45) is 22.7. The second-order valence-electron chi connectivity index (χ2n) is 11.6. The molecule has 2 aromatic carbocycles. The lowest BCUT2D eigenvalue weighted by molar-refractivity contribution is 0.139. The molecule has 0 amide bonds. The molecule has 2 saturated carbocycles. The number of aryl methyl sites for hydroxylation is 2. The van der Waals surface area contributed by atoms with Crippen molar-refractivity contribution in [1.29, 1.82) is 0 Å². The van der Waals surface area contributed by atoms with Gasteiger partial charge in [0.1, 0.15) is 0 Å². The van der Waals surface area contributed by atoms with Crippen molar-refractivity contribution in [3.8, 4) is 0 Å². The summed E-state index contributed by atoms with van der Waals surface area (Å²) in [5.74, 6) is 4.69. The molecule has 2 fully saturated rings. The summed E-state index contributed by atoms with van der Waals surface area (Å²) < 4.78 is 0. The first-order chi connectivity index (χ1) is 16.7. The summed E-state index contributed by atoms with van der Waals surface area (Å²) >= 11 is 0. The van der Waals surface area contributed by atoms with Crippen LogP contribution in [0.15, 0.2) is 66.7 Å². The largest absolute Gasteiger partial charge is 0.0917 e. The molecule has 0 heterocycles. The van der Waals surface area contributed by atoms with Gasteiger partial charge in [0.2, 0.25) is 0 Å². The van der Waals surface area contributed by atoms with E-state index in [4.69, 9.17) is 0 Å². The maximum Gasteiger partial charge on any atom is -0.0188 e. The predicted octanol–water partition coefficient (Wildman–Crippen LogP) is 9.93. The molecule has 0 radical (unpaired) electrons. The van der Waals surface area contributed by atoms with Crippen molar-refractivity contribution in [2.75, 3.05) is 0 Å². The van der Waals surface area contributed by atoms with Crippen LogP contribution in [0.25, 0.3) is 0 Å². The maximum atomic E-state index is 2.43. The molecular weight excluding hydrogens is 408 g/mol. The van der Waals surface area contributed by atoms with E-state index in [0.717, 1.165) is 30.1 Å². The van der Waals surface area contributed by atoms with E-state index in [1.165, 1.54) is 88.2 Å². The fourth-order valence-electron chi connectivity index (χ4n) is 6.92. The first-order valence-electron chi connectivity index (χ1n) is 14.4. The molecule has 0 spiro atoms. The molecule has 2 aromatic rings. The highest BCUT2D eigenvalue weighted by atomic mass is 14.4. The molecule has 0 saturated heterocycles. The number of allylic oxidation sites excluding steroid dienone is 2. The van der Waals surface area contributed by atoms with Crippen LogP contribution in [-0.4, -0.2) is 0 Å². The third-order valence-electron chi connectivity index (χ3n) is 9.20. The zero-order chi connectivity index (χ0) is 23.6. The first-order valence-corrected chi connectivity index (χ1v) is 14.4. The topological polar surface area (TPSA) is 0 Å². The van der Waals surface area contributed by atoms with Gasteiger partial charge in [-0.2, -0.15) is 0 Å². The van der Waals surface area contributed by atoms with Gasteiger partial charge in [-0.15, -0.1) is 0 Å². The SMILES string of the molecule is C/C=C/CCc1ccc(CCC2CCC(C3CCC(CC(C)c4ccccc4)CC3)CC2)cc1. The Kier molecular flexibility index (Phi) is 9.90. The number of hydrogen-bond donors (Lipinski definition) is 0. The molecule has 0 bridgehead atoms. The molecule has 0 N–H and O–H groups in total. The van der Waals surface area contributed by atoms with Crippen molar-refractivity contribution in [2.45, 2.75) is 103 Å². The first kappa shape index (κ1) is 25.3. The van der Waals surface area contributed by atoms with Crippen LogP contribution in [0.5, 0.6) is 0 Å². The minimum atomic E-state index is 0.715. The predicted molar refractivity (Wildman–Crippen MR) is 148 cm³/mol. The van der Waals surface area contributed by atoms with Crippen LogP contribution in [0.3, 0.4) is 0 Å². The Balaban J connectivity index is 1.12. The number of hydrogen-bond acceptors (Lipinski definition) is 0. The minimum absolute atomic E-state index is 0.715. The summed E-state index contributed by atoms with van der Waals surface area (Å²) in [4.78, 5) is 0. The number of benzene rings is 2. The lowest BCUT2D eigenvalue weighted by Crippen LogP contribution is -2.26. The third-order valence-corrected chi connectivity index (χ3v) is 9.20. The van der Waals surface area contributed by atoms with Crippen LogP contribution < -0.4 is 0 Å². The van der Waals surface area contributed by atoms with E-state index in [9.17, 15) is 0 Å². The Morgan fingerprint density at radius 1 is 0.706 bits per heavy atom. The van der Waals surface area contributed by atoms with Crippen molar-refractivity contribution in [1.82, 2.24) is 0 Å². The lowest BCUT2D eigenvalue weighted by atomic mass is 9.67. The van der Waals surface area contributed by atoms with Gasteiger partial charge in [0.05, 0.1) is 0 Å². The molecule has 2 aliphatic carbocycles. The standard InChI is InChI=1S/C34H48/c1-3-4-6-9-28-12-14-29(15-13-28)16-17-30-18-22-33(23-19-30)34-24-20-31(21-25-34)26-27(2)32-10-7-5-8-11-32/h3-5,7-8,10-15,27,30-31,33-34H,6,9,16-26H2,1-2H3/b4-3+. The van der Waals surface area contributed by atoms with Gasteiger partial charge in [-0.05, 0) is 111 Å². The van der Waals surface area contributed by atoms with E-state index in [0.29, 0.717) is 5.92 Å². The third kappa shape index (κ3) is 7.59. The highest BCUT2D eigenvalue weighted by Gasteiger charge is 2.31. The minimum Gasteiger partial charge on any atom is -0.0917 e. The average Bonchev–Trinajstić information content (AvgIpc) is 2.90. The highest BCUT2D eigenvalue weighted by molar-refractivity contribution is 5.23. The molecule has 1 unspecified atom stereocenters. The second kappa shape index (κ2) is 13.3. The van der Waals surface area contributed by atoms with Crippen molar-refractivity contribution >= 4 is 0 Å². The van der Waals surface area contributed by atoms with Gasteiger partial charge in [0, 0.05) is 0 Å². The van der Waals surface area contributed by atoms with Gasteiger partial charge in [0.15, 0.2) is 0 Å². The van der Waals surface area contributed by atoms with Crippen LogP contribution in [0.2, 0.25) is 0 Å². The molecule has 0 heteroatoms. The normalized spacial score (nSPS) is 26.5. The van der Waals surface area contributed by atoms with E-state index in [1.807, 2.05) is 0 Å². The van der Waals surface area contributed by atoms with Crippen LogP contribution in [0.4, 0.5) is 0 Å². The van der Waals surface area contributed by atoms with Crippen LogP contribution in [-0.2, 0) is 12.8 Å². The zero-order valence-corrected chi connectivity index (χ0v) is 21.9. The van der Waals surface area contributed by atoms with Gasteiger partial charge in [0.25, 0.3) is 0 Å². The molecule has 0 aliphatic heterocycles. The van der Waals surface area contributed by atoms with Crippen LogP contribution in [0, 0.1) is 23.7 Å². The van der Waals surface area contributed by atoms with Crippen molar-refractivity contribution in [3.05, 3.63) is 83.4 Å². The summed E-state index contributed by atoms with van der Waals surface area (Å²) in [7, 11) is 0. The fourth-order valence-corrected chi connectivity index (χ4v) is 6.92. The second-order valence-corrected chi connectivity index (χ2v) is 11.6. The molecule has 4 rings (SSSR count). The van der Waals surface area contributed by atoms with Gasteiger partial charge >= 0.3 is 0 Å². The van der Waals surface area contributed by atoms with E-state index < -0.39 is 0 Å². The zero-order valence-electron chi connectivity index (χ0n) is 21.9. The molecule has 0 aromatic heterocycles. The highest BCUT2D eigenvalue weighted by Crippen LogP contribution is 2.43. The van der Waals surface area contributed by atoms with Crippen LogP contribution >= 0.6 is 0 Å². The number of rotatable bonds is 10. The Bertz CT molecular complexity index is 829. The van der Waals surface area contributed by atoms with E-state index in [1.54, 1.807) is 5.56 Å². The Morgan fingerprint density at radius 2 is 1.26 bits per heavy atom. The van der Waals surface area contributed by atoms with Gasteiger partial charge in [-0.1, -0.05) is 99.4 Å². The van der Waals surface area contributed by atoms with Gasteiger partial charge in [-0.25, -0.2) is 0 Å². The Hall–Kier alpha value is -1.82. The van der Waals surface area contributed by atoms with Crippen molar-refractivity contribution < 1.29 is 0 Å². The summed E-state index contributed by atoms with van der Waals surface area (Å²) in [5, 5.41) is 0. The summed E-state index contributed by atoms with van der Waals surface area (Å²) in [5.41, 5.74) is 4.55. The quantitative estimate of drug-likeness (QED) is 0.312. The van der Waals surface area contributed by atoms with Crippen molar-refractivity contribution in [3.63, 3.8) is 0 Å². The molecule has 1 atom stereocenters. The Morgan fingerprint density at radius 3 is 1.85 bits per heavy atom. The molecule has 2 aliphatic rings. The molecular formula is C34H48. The molecule has 184 valence electrons. The van der Waals surface area contributed by atoms with Gasteiger partial charge < -0.3 is 0 Å². The molecule has 0 nitrogen and oxygen atoms in total. The smallest absolute Gasteiger partial charge is 0.0188 e. The van der Waals surface area contributed by atoms with Crippen molar-refractivity contribution in [2.24, 2.45) is 23.7 Å². The average molecular weight is 457 g/mol. The molecule has 34 heavy (non-hydrogen) atoms. The van der Waals surface area contributed by atoms with E-state index in [2.05, 4.69) is 80.6 Å². The maximum absolute atomic E-state index is 2.43. The summed E-state index contributed by atoms with van der Waals surface area (Å²) in [6.45, 7) is 4.54. The lowest BCUT2D eigenvalue weighted by Gasteiger charge is -2.38.